The maximum absolute atomic E-state index is 13.3. The van der Waals surface area contributed by atoms with Crippen molar-refractivity contribution in [2.24, 2.45) is 0 Å². The summed E-state index contributed by atoms with van der Waals surface area (Å²) in [6, 6.07) is 13.8. The molecule has 0 unspecified atom stereocenters. The molecule has 1 aliphatic rings. The van der Waals surface area contributed by atoms with Crippen LogP contribution < -0.4 is 10.1 Å². The first-order valence-corrected chi connectivity index (χ1v) is 13.7. The molecule has 1 fully saturated rings. The summed E-state index contributed by atoms with van der Waals surface area (Å²) in [5.74, 6) is 0.225. The molecule has 0 aliphatic carbocycles. The van der Waals surface area contributed by atoms with Crippen molar-refractivity contribution < 1.29 is 21.6 Å². The van der Waals surface area contributed by atoms with Crippen molar-refractivity contribution in [1.29, 1.82) is 0 Å². The second-order valence-electron chi connectivity index (χ2n) is 9.10. The Morgan fingerprint density at radius 1 is 1.06 bits per heavy atom. The molecule has 1 N–H and O–H groups in total. The third kappa shape index (κ3) is 5.67. The van der Waals surface area contributed by atoms with Crippen molar-refractivity contribution in [1.82, 2.24) is 5.32 Å². The molecule has 0 amide bonds. The standard InChI is InChI=1S/C23H31NO5S2/c1-23(2,3)18-8-10-20(11-9-18)31(27,28)22-16-30(25,26)15-21(22)24-13-12-17-6-5-7-19(14-17)29-4/h5-11,14,21-22,24H,12-13,15-16H2,1-4H3/t21-,22-/m0/s1. The highest BCUT2D eigenvalue weighted by molar-refractivity contribution is 7.96. The minimum absolute atomic E-state index is 0.0940. The number of rotatable bonds is 7. The first kappa shape index (κ1) is 23.8. The van der Waals surface area contributed by atoms with Gasteiger partial charge in [0.1, 0.15) is 5.75 Å². The van der Waals surface area contributed by atoms with E-state index in [1.807, 2.05) is 36.4 Å². The molecule has 0 aromatic heterocycles. The maximum Gasteiger partial charge on any atom is 0.183 e. The summed E-state index contributed by atoms with van der Waals surface area (Å²) in [6.45, 7) is 6.65. The van der Waals surface area contributed by atoms with Gasteiger partial charge in [-0.1, -0.05) is 45.0 Å². The van der Waals surface area contributed by atoms with Crippen molar-refractivity contribution in [3.8, 4) is 5.75 Å². The zero-order valence-corrected chi connectivity index (χ0v) is 20.1. The summed E-state index contributed by atoms with van der Waals surface area (Å²) < 4.78 is 56.4. The van der Waals surface area contributed by atoms with Gasteiger partial charge in [-0.15, -0.1) is 0 Å². The van der Waals surface area contributed by atoms with Crippen LogP contribution in [0.15, 0.2) is 53.4 Å². The molecule has 3 rings (SSSR count). The van der Waals surface area contributed by atoms with Crippen LogP contribution in [0.3, 0.4) is 0 Å². The molecule has 31 heavy (non-hydrogen) atoms. The van der Waals surface area contributed by atoms with Gasteiger partial charge in [-0.2, -0.15) is 0 Å². The summed E-state index contributed by atoms with van der Waals surface area (Å²) in [6.07, 6.45) is 0.640. The van der Waals surface area contributed by atoms with Crippen LogP contribution in [0.25, 0.3) is 0 Å². The summed E-state index contributed by atoms with van der Waals surface area (Å²) in [5, 5.41) is 2.19. The van der Waals surface area contributed by atoms with Crippen LogP contribution in [-0.2, 0) is 31.5 Å². The summed E-state index contributed by atoms with van der Waals surface area (Å²) in [4.78, 5) is 0.169. The second kappa shape index (κ2) is 8.92. The Hall–Kier alpha value is -1.90. The summed E-state index contributed by atoms with van der Waals surface area (Å²) in [5.41, 5.74) is 1.96. The van der Waals surface area contributed by atoms with Crippen LogP contribution in [-0.4, -0.2) is 53.3 Å². The topological polar surface area (TPSA) is 89.5 Å². The number of methoxy groups -OCH3 is 1. The summed E-state index contributed by atoms with van der Waals surface area (Å²) >= 11 is 0. The molecule has 1 saturated heterocycles. The number of benzene rings is 2. The van der Waals surface area contributed by atoms with E-state index in [4.69, 9.17) is 4.74 Å². The van der Waals surface area contributed by atoms with Crippen LogP contribution in [0.4, 0.5) is 0 Å². The maximum atomic E-state index is 13.3. The van der Waals surface area contributed by atoms with Crippen molar-refractivity contribution in [2.75, 3.05) is 25.2 Å². The molecule has 0 saturated carbocycles. The van der Waals surface area contributed by atoms with Crippen LogP contribution in [0.5, 0.6) is 5.75 Å². The number of ether oxygens (including phenoxy) is 1. The molecule has 170 valence electrons. The molecule has 1 heterocycles. The van der Waals surface area contributed by atoms with Crippen LogP contribution in [0.1, 0.15) is 31.9 Å². The summed E-state index contributed by atoms with van der Waals surface area (Å²) in [7, 11) is -5.62. The Labute approximate surface area is 185 Å². The fraction of sp³-hybridized carbons (Fsp3) is 0.478. The third-order valence-corrected chi connectivity index (χ3v) is 9.87. The monoisotopic (exact) mass is 465 g/mol. The zero-order valence-electron chi connectivity index (χ0n) is 18.5. The highest BCUT2D eigenvalue weighted by Gasteiger charge is 2.45. The van der Waals surface area contributed by atoms with Crippen molar-refractivity contribution >= 4 is 19.7 Å². The molecular formula is C23H31NO5S2. The average molecular weight is 466 g/mol. The molecular weight excluding hydrogens is 434 g/mol. The van der Waals surface area contributed by atoms with Gasteiger partial charge in [0.2, 0.25) is 0 Å². The van der Waals surface area contributed by atoms with Crippen LogP contribution in [0.2, 0.25) is 0 Å². The predicted molar refractivity (Wildman–Crippen MR) is 123 cm³/mol. The molecule has 8 heteroatoms. The van der Waals surface area contributed by atoms with Gasteiger partial charge in [-0.25, -0.2) is 16.8 Å². The zero-order chi connectivity index (χ0) is 22.9. The van der Waals surface area contributed by atoms with Gasteiger partial charge in [0.25, 0.3) is 0 Å². The average Bonchev–Trinajstić information content (AvgIpc) is 3.03. The Kier molecular flexibility index (Phi) is 6.84. The highest BCUT2D eigenvalue weighted by Crippen LogP contribution is 2.28. The van der Waals surface area contributed by atoms with Crippen molar-refractivity contribution in [2.45, 2.75) is 48.8 Å². The van der Waals surface area contributed by atoms with Crippen LogP contribution >= 0.6 is 0 Å². The van der Waals surface area contributed by atoms with Crippen molar-refractivity contribution in [3.63, 3.8) is 0 Å². The minimum atomic E-state index is -3.79. The molecule has 0 bridgehead atoms. The lowest BCUT2D eigenvalue weighted by molar-refractivity contribution is 0.414. The molecule has 2 aromatic rings. The Morgan fingerprint density at radius 2 is 1.74 bits per heavy atom. The first-order chi connectivity index (χ1) is 14.4. The lowest BCUT2D eigenvalue weighted by Gasteiger charge is -2.22. The van der Waals surface area contributed by atoms with Gasteiger partial charge < -0.3 is 10.1 Å². The van der Waals surface area contributed by atoms with Gasteiger partial charge >= 0.3 is 0 Å². The molecule has 1 aliphatic heterocycles. The quantitative estimate of drug-likeness (QED) is 0.676. The second-order valence-corrected chi connectivity index (χ2v) is 13.4. The molecule has 0 radical (unpaired) electrons. The fourth-order valence-corrected chi connectivity index (χ4v) is 8.58. The third-order valence-electron chi connectivity index (χ3n) is 5.70. The van der Waals surface area contributed by atoms with E-state index in [0.717, 1.165) is 16.9 Å². The highest BCUT2D eigenvalue weighted by atomic mass is 32.2. The Morgan fingerprint density at radius 3 is 2.35 bits per heavy atom. The smallest absolute Gasteiger partial charge is 0.183 e. The number of sulfone groups is 2. The lowest BCUT2D eigenvalue weighted by atomic mass is 9.87. The molecule has 6 nitrogen and oxygen atoms in total. The van der Waals surface area contributed by atoms with Gasteiger partial charge in [0.05, 0.1) is 28.8 Å². The molecule has 2 aromatic carbocycles. The Balaban J connectivity index is 1.76. The van der Waals surface area contributed by atoms with E-state index in [0.29, 0.717) is 13.0 Å². The van der Waals surface area contributed by atoms with E-state index in [-0.39, 0.29) is 21.8 Å². The fourth-order valence-electron chi connectivity index (χ4n) is 3.86. The van der Waals surface area contributed by atoms with E-state index < -0.39 is 31.0 Å². The van der Waals surface area contributed by atoms with E-state index in [1.54, 1.807) is 19.2 Å². The number of hydrogen-bond acceptors (Lipinski definition) is 6. The van der Waals surface area contributed by atoms with Gasteiger partial charge in [-0.05, 0) is 53.8 Å². The van der Waals surface area contributed by atoms with Gasteiger partial charge in [0.15, 0.2) is 19.7 Å². The van der Waals surface area contributed by atoms with Gasteiger partial charge in [-0.3, -0.25) is 0 Å². The minimum Gasteiger partial charge on any atom is -0.497 e. The lowest BCUT2D eigenvalue weighted by Crippen LogP contribution is -2.44. The number of hydrogen-bond donors (Lipinski definition) is 1. The normalized spacial score (nSPS) is 21.2. The Bertz CT molecular complexity index is 1120. The van der Waals surface area contributed by atoms with E-state index in [1.165, 1.54) is 0 Å². The van der Waals surface area contributed by atoms with Crippen LogP contribution in [0, 0.1) is 0 Å². The largest absolute Gasteiger partial charge is 0.497 e. The SMILES string of the molecule is COc1cccc(CCN[C@H]2CS(=O)(=O)C[C@@H]2S(=O)(=O)c2ccc(C(C)(C)C)cc2)c1. The van der Waals surface area contributed by atoms with Gasteiger partial charge in [0, 0.05) is 6.04 Å². The van der Waals surface area contributed by atoms with Crippen molar-refractivity contribution in [3.05, 3.63) is 59.7 Å². The number of nitrogens with one attached hydrogen (secondary N) is 1. The molecule has 0 spiro atoms. The first-order valence-electron chi connectivity index (χ1n) is 10.3. The predicted octanol–water partition coefficient (Wildman–Crippen LogP) is 2.76. The van der Waals surface area contributed by atoms with E-state index in [2.05, 4.69) is 26.1 Å². The van der Waals surface area contributed by atoms with E-state index in [9.17, 15) is 16.8 Å². The van der Waals surface area contributed by atoms with E-state index >= 15 is 0 Å². The molecule has 2 atom stereocenters.